The molecule has 0 aliphatic carbocycles. The summed E-state index contributed by atoms with van der Waals surface area (Å²) < 4.78 is 2.37. The van der Waals surface area contributed by atoms with Gasteiger partial charge in [0.15, 0.2) is 5.69 Å². The van der Waals surface area contributed by atoms with Crippen LogP contribution < -0.4 is 5.32 Å². The molecule has 1 amide bonds. The first-order chi connectivity index (χ1) is 11.5. The number of thiazole rings is 1. The fraction of sp³-hybridized carbons (Fsp3) is 0.250. The number of aromatic carboxylic acids is 1. The highest BCUT2D eigenvalue weighted by molar-refractivity contribution is 7.17. The Balaban J connectivity index is 1.70. The molecule has 3 rings (SSSR count). The summed E-state index contributed by atoms with van der Waals surface area (Å²) in [5.41, 5.74) is 5.31. The van der Waals surface area contributed by atoms with Crippen molar-refractivity contribution in [3.05, 3.63) is 46.2 Å². The fourth-order valence-electron chi connectivity index (χ4n) is 2.43. The van der Waals surface area contributed by atoms with Crippen molar-refractivity contribution in [1.29, 1.82) is 0 Å². The van der Waals surface area contributed by atoms with Crippen LogP contribution in [0.1, 0.15) is 32.0 Å². The SMILES string of the molecule is Cc1cc(C(=O)NCCn2ccc(C(=O)O)n2)c2scnc2c1C. The molecule has 0 spiro atoms. The van der Waals surface area contributed by atoms with Crippen molar-refractivity contribution in [1.82, 2.24) is 20.1 Å². The van der Waals surface area contributed by atoms with Gasteiger partial charge in [0.2, 0.25) is 0 Å². The first-order valence-electron chi connectivity index (χ1n) is 7.35. The van der Waals surface area contributed by atoms with Crippen LogP contribution in [0.25, 0.3) is 10.2 Å². The number of carboxylic acids is 1. The van der Waals surface area contributed by atoms with Gasteiger partial charge in [-0.05, 0) is 37.1 Å². The van der Waals surface area contributed by atoms with E-state index in [1.54, 1.807) is 11.7 Å². The molecular weight excluding hydrogens is 328 g/mol. The van der Waals surface area contributed by atoms with Crippen LogP contribution in [0.4, 0.5) is 0 Å². The number of carbonyl (C=O) groups is 2. The summed E-state index contributed by atoms with van der Waals surface area (Å²) in [7, 11) is 0. The van der Waals surface area contributed by atoms with Crippen molar-refractivity contribution < 1.29 is 14.7 Å². The Morgan fingerprint density at radius 2 is 2.17 bits per heavy atom. The molecule has 2 heterocycles. The van der Waals surface area contributed by atoms with Crippen LogP contribution in [0.5, 0.6) is 0 Å². The second-order valence-corrected chi connectivity index (χ2v) is 6.28. The quantitative estimate of drug-likeness (QED) is 0.740. The Hall–Kier alpha value is -2.74. The molecule has 2 N–H and O–H groups in total. The van der Waals surface area contributed by atoms with E-state index >= 15 is 0 Å². The molecule has 24 heavy (non-hydrogen) atoms. The first-order valence-corrected chi connectivity index (χ1v) is 8.23. The summed E-state index contributed by atoms with van der Waals surface area (Å²) in [6.45, 7) is 4.71. The van der Waals surface area contributed by atoms with E-state index in [4.69, 9.17) is 5.11 Å². The summed E-state index contributed by atoms with van der Waals surface area (Å²) in [4.78, 5) is 27.6. The van der Waals surface area contributed by atoms with Gasteiger partial charge in [0.25, 0.3) is 5.91 Å². The maximum Gasteiger partial charge on any atom is 0.356 e. The number of carbonyl (C=O) groups excluding carboxylic acids is 1. The number of aromatic nitrogens is 3. The number of nitrogens with zero attached hydrogens (tertiary/aromatic N) is 3. The van der Waals surface area contributed by atoms with Crippen LogP contribution in [-0.4, -0.2) is 38.3 Å². The smallest absolute Gasteiger partial charge is 0.356 e. The van der Waals surface area contributed by atoms with Crippen molar-refractivity contribution in [3.8, 4) is 0 Å². The van der Waals surface area contributed by atoms with E-state index in [9.17, 15) is 9.59 Å². The molecule has 0 saturated heterocycles. The average Bonchev–Trinajstić information content (AvgIpc) is 3.20. The number of aryl methyl sites for hydroxylation is 2. The lowest BCUT2D eigenvalue weighted by Gasteiger charge is -2.09. The van der Waals surface area contributed by atoms with Crippen molar-refractivity contribution in [2.75, 3.05) is 6.54 Å². The van der Waals surface area contributed by atoms with E-state index in [1.165, 1.54) is 22.1 Å². The molecule has 0 atom stereocenters. The van der Waals surface area contributed by atoms with Gasteiger partial charge in [-0.25, -0.2) is 9.78 Å². The molecule has 0 fully saturated rings. The number of carboxylic acid groups (broad SMARTS) is 1. The summed E-state index contributed by atoms with van der Waals surface area (Å²) in [6.07, 6.45) is 1.58. The van der Waals surface area contributed by atoms with Crippen LogP contribution in [0.3, 0.4) is 0 Å². The van der Waals surface area contributed by atoms with Crippen LogP contribution >= 0.6 is 11.3 Å². The Bertz CT molecular complexity index is 929. The summed E-state index contributed by atoms with van der Waals surface area (Å²) in [5.74, 6) is -1.24. The zero-order valence-electron chi connectivity index (χ0n) is 13.2. The van der Waals surface area contributed by atoms with E-state index in [0.29, 0.717) is 18.7 Å². The van der Waals surface area contributed by atoms with Gasteiger partial charge in [-0.2, -0.15) is 5.10 Å². The van der Waals surface area contributed by atoms with Crippen LogP contribution in [0.15, 0.2) is 23.8 Å². The normalized spacial score (nSPS) is 10.9. The van der Waals surface area contributed by atoms with E-state index < -0.39 is 5.97 Å². The predicted molar refractivity (Wildman–Crippen MR) is 90.6 cm³/mol. The lowest BCUT2D eigenvalue weighted by atomic mass is 10.0. The summed E-state index contributed by atoms with van der Waals surface area (Å²) in [5, 5.41) is 15.6. The lowest BCUT2D eigenvalue weighted by molar-refractivity contribution is 0.0689. The molecule has 1 aromatic carbocycles. The van der Waals surface area contributed by atoms with Crippen LogP contribution in [-0.2, 0) is 6.54 Å². The molecule has 0 aliphatic rings. The summed E-state index contributed by atoms with van der Waals surface area (Å²) >= 11 is 1.45. The summed E-state index contributed by atoms with van der Waals surface area (Å²) in [6, 6.07) is 3.30. The van der Waals surface area contributed by atoms with Crippen molar-refractivity contribution in [2.45, 2.75) is 20.4 Å². The van der Waals surface area contributed by atoms with Crippen LogP contribution in [0, 0.1) is 13.8 Å². The monoisotopic (exact) mass is 344 g/mol. The average molecular weight is 344 g/mol. The first kappa shape index (κ1) is 16.1. The molecule has 0 bridgehead atoms. The topological polar surface area (TPSA) is 97.1 Å². The number of amides is 1. The molecular formula is C16H16N4O3S. The maximum absolute atomic E-state index is 12.5. The van der Waals surface area contributed by atoms with E-state index in [-0.39, 0.29) is 11.6 Å². The standard InChI is InChI=1S/C16H16N4O3S/c1-9-7-11(14-13(10(9)2)18-8-24-14)15(21)17-4-6-20-5-3-12(19-20)16(22)23/h3,5,7-8H,4,6H2,1-2H3,(H,17,21)(H,22,23). The van der Waals surface area contributed by atoms with Gasteiger partial charge >= 0.3 is 5.97 Å². The third-order valence-corrected chi connectivity index (χ3v) is 4.71. The van der Waals surface area contributed by atoms with Gasteiger partial charge < -0.3 is 10.4 Å². The molecule has 0 saturated carbocycles. The largest absolute Gasteiger partial charge is 0.476 e. The Kier molecular flexibility index (Phi) is 4.30. The molecule has 124 valence electrons. The number of benzene rings is 1. The highest BCUT2D eigenvalue weighted by atomic mass is 32.1. The number of hydrogen-bond acceptors (Lipinski definition) is 5. The molecule has 0 aliphatic heterocycles. The highest BCUT2D eigenvalue weighted by Gasteiger charge is 2.15. The van der Waals surface area contributed by atoms with Gasteiger partial charge in [-0.1, -0.05) is 0 Å². The van der Waals surface area contributed by atoms with Gasteiger partial charge in [-0.3, -0.25) is 9.48 Å². The molecule has 3 aromatic rings. The third-order valence-electron chi connectivity index (χ3n) is 3.85. The lowest BCUT2D eigenvalue weighted by Crippen LogP contribution is -2.27. The van der Waals surface area contributed by atoms with E-state index in [1.807, 2.05) is 19.9 Å². The Morgan fingerprint density at radius 3 is 2.88 bits per heavy atom. The van der Waals surface area contributed by atoms with Gasteiger partial charge in [-0.15, -0.1) is 11.3 Å². The van der Waals surface area contributed by atoms with Gasteiger partial charge in [0.05, 0.1) is 27.8 Å². The van der Waals surface area contributed by atoms with Crippen molar-refractivity contribution in [2.24, 2.45) is 0 Å². The second-order valence-electron chi connectivity index (χ2n) is 5.42. The van der Waals surface area contributed by atoms with Crippen LogP contribution in [0.2, 0.25) is 0 Å². The van der Waals surface area contributed by atoms with E-state index in [0.717, 1.165) is 21.3 Å². The zero-order chi connectivity index (χ0) is 17.3. The number of hydrogen-bond donors (Lipinski definition) is 2. The molecule has 0 unspecified atom stereocenters. The maximum atomic E-state index is 12.5. The third kappa shape index (κ3) is 3.00. The fourth-order valence-corrected chi connectivity index (χ4v) is 3.29. The van der Waals surface area contributed by atoms with E-state index in [2.05, 4.69) is 15.4 Å². The number of rotatable bonds is 5. The van der Waals surface area contributed by atoms with Crippen molar-refractivity contribution in [3.63, 3.8) is 0 Å². The Labute approximate surface area is 141 Å². The van der Waals surface area contributed by atoms with Crippen molar-refractivity contribution >= 4 is 33.4 Å². The highest BCUT2D eigenvalue weighted by Crippen LogP contribution is 2.27. The zero-order valence-corrected chi connectivity index (χ0v) is 14.1. The Morgan fingerprint density at radius 1 is 1.38 bits per heavy atom. The molecule has 7 nitrogen and oxygen atoms in total. The minimum absolute atomic E-state index is 0.0122. The van der Waals surface area contributed by atoms with Gasteiger partial charge in [0, 0.05) is 12.7 Å². The second kappa shape index (κ2) is 6.40. The molecule has 0 radical (unpaired) electrons. The minimum atomic E-state index is -1.07. The number of nitrogens with one attached hydrogen (secondary N) is 1. The van der Waals surface area contributed by atoms with Gasteiger partial charge in [0.1, 0.15) is 0 Å². The predicted octanol–water partition coefficient (Wildman–Crippen LogP) is 2.24. The molecule has 8 heteroatoms. The molecule has 2 aromatic heterocycles. The minimum Gasteiger partial charge on any atom is -0.476 e. The number of fused-ring (bicyclic) bond motifs is 1.